The van der Waals surface area contributed by atoms with Gasteiger partial charge in [0.25, 0.3) is 0 Å². The Labute approximate surface area is 117 Å². The van der Waals surface area contributed by atoms with E-state index >= 15 is 0 Å². The van der Waals surface area contributed by atoms with Crippen molar-refractivity contribution in [2.45, 2.75) is 16.7 Å². The molecule has 0 bridgehead atoms. The van der Waals surface area contributed by atoms with Crippen LogP contribution in [0.15, 0.2) is 58.3 Å². The number of nitrogens with two attached hydrogens (primary N) is 1. The predicted octanol–water partition coefficient (Wildman–Crippen LogP) is 3.04. The Bertz CT molecular complexity index is 567. The molecule has 19 heavy (non-hydrogen) atoms. The Balaban J connectivity index is 2.20. The summed E-state index contributed by atoms with van der Waals surface area (Å²) in [5.41, 5.74) is 7.35. The largest absolute Gasteiger partial charge is 0.324 e. The summed E-state index contributed by atoms with van der Waals surface area (Å²) in [6.07, 6.45) is 0. The van der Waals surface area contributed by atoms with Crippen molar-refractivity contribution in [2.24, 2.45) is 5.73 Å². The number of benzene rings is 2. The Morgan fingerprint density at radius 3 is 2.53 bits per heavy atom. The van der Waals surface area contributed by atoms with Crippen LogP contribution in [0.2, 0.25) is 0 Å². The molecule has 98 valence electrons. The number of aryl methyl sites for hydroxylation is 1. The van der Waals surface area contributed by atoms with E-state index in [9.17, 15) is 4.79 Å². The number of amides is 1. The molecular weight excluding hydrogens is 256 g/mol. The summed E-state index contributed by atoms with van der Waals surface area (Å²) in [6.45, 7) is 2.05. The van der Waals surface area contributed by atoms with Crippen molar-refractivity contribution in [3.8, 4) is 0 Å². The van der Waals surface area contributed by atoms with Gasteiger partial charge >= 0.3 is 0 Å². The molecule has 0 atom stereocenters. The molecular formula is C15H16N2OS. The van der Waals surface area contributed by atoms with E-state index in [1.54, 1.807) is 11.8 Å². The molecule has 4 heteroatoms. The van der Waals surface area contributed by atoms with E-state index in [-0.39, 0.29) is 12.5 Å². The Morgan fingerprint density at radius 2 is 1.84 bits per heavy atom. The third kappa shape index (κ3) is 3.84. The van der Waals surface area contributed by atoms with Gasteiger partial charge in [0.1, 0.15) is 0 Å². The van der Waals surface area contributed by atoms with Crippen LogP contribution in [0, 0.1) is 6.92 Å². The molecule has 0 aliphatic heterocycles. The second-order valence-corrected chi connectivity index (χ2v) is 5.28. The van der Waals surface area contributed by atoms with Crippen LogP contribution in [-0.2, 0) is 4.79 Å². The molecule has 0 aromatic heterocycles. The highest BCUT2D eigenvalue weighted by Gasteiger charge is 2.06. The summed E-state index contributed by atoms with van der Waals surface area (Å²) in [4.78, 5) is 13.5. The van der Waals surface area contributed by atoms with Crippen LogP contribution in [-0.4, -0.2) is 12.5 Å². The van der Waals surface area contributed by atoms with Crippen molar-refractivity contribution in [2.75, 3.05) is 11.9 Å². The molecule has 2 rings (SSSR count). The normalized spacial score (nSPS) is 10.2. The van der Waals surface area contributed by atoms with Gasteiger partial charge in [0, 0.05) is 9.79 Å². The van der Waals surface area contributed by atoms with Crippen LogP contribution < -0.4 is 11.1 Å². The van der Waals surface area contributed by atoms with Gasteiger partial charge in [-0.2, -0.15) is 0 Å². The van der Waals surface area contributed by atoms with Crippen LogP contribution in [0.3, 0.4) is 0 Å². The number of para-hydroxylation sites is 1. The highest BCUT2D eigenvalue weighted by atomic mass is 32.2. The van der Waals surface area contributed by atoms with Gasteiger partial charge in [0.05, 0.1) is 12.2 Å². The summed E-state index contributed by atoms with van der Waals surface area (Å²) in [5, 5.41) is 2.81. The number of carbonyl (C=O) groups excluding carboxylic acids is 1. The Morgan fingerprint density at radius 1 is 1.16 bits per heavy atom. The smallest absolute Gasteiger partial charge is 0.238 e. The molecule has 0 radical (unpaired) electrons. The van der Waals surface area contributed by atoms with Crippen molar-refractivity contribution in [1.29, 1.82) is 0 Å². The Kier molecular flexibility index (Phi) is 4.60. The van der Waals surface area contributed by atoms with Gasteiger partial charge in [0.15, 0.2) is 0 Å². The minimum absolute atomic E-state index is 0.0104. The number of nitrogens with one attached hydrogen (secondary N) is 1. The van der Waals surface area contributed by atoms with E-state index in [1.807, 2.05) is 24.3 Å². The lowest BCUT2D eigenvalue weighted by Gasteiger charge is -2.10. The van der Waals surface area contributed by atoms with Gasteiger partial charge < -0.3 is 11.1 Å². The minimum Gasteiger partial charge on any atom is -0.324 e. The van der Waals surface area contributed by atoms with Crippen LogP contribution in [0.5, 0.6) is 0 Å². The summed E-state index contributed by atoms with van der Waals surface area (Å²) in [5.74, 6) is -0.183. The maximum Gasteiger partial charge on any atom is 0.238 e. The summed E-state index contributed by atoms with van der Waals surface area (Å²) in [6, 6.07) is 16.0. The SMILES string of the molecule is Cc1ccc(Sc2ccccc2NC(=O)CN)cc1. The molecule has 2 aromatic carbocycles. The van der Waals surface area contributed by atoms with Crippen molar-refractivity contribution in [1.82, 2.24) is 0 Å². The van der Waals surface area contributed by atoms with Crippen molar-refractivity contribution < 1.29 is 4.79 Å². The molecule has 0 saturated carbocycles. The molecule has 0 fully saturated rings. The van der Waals surface area contributed by atoms with Crippen LogP contribution in [0.4, 0.5) is 5.69 Å². The average molecular weight is 272 g/mol. The zero-order chi connectivity index (χ0) is 13.7. The Hall–Kier alpha value is -1.78. The third-order valence-electron chi connectivity index (χ3n) is 2.60. The number of hydrogen-bond acceptors (Lipinski definition) is 3. The summed E-state index contributed by atoms with van der Waals surface area (Å²) < 4.78 is 0. The summed E-state index contributed by atoms with van der Waals surface area (Å²) in [7, 11) is 0. The number of carbonyl (C=O) groups is 1. The van der Waals surface area contributed by atoms with E-state index in [0.29, 0.717) is 0 Å². The molecule has 1 amide bonds. The standard InChI is InChI=1S/C15H16N2OS/c1-11-6-8-12(9-7-11)19-14-5-3-2-4-13(14)17-15(18)10-16/h2-9H,10,16H2,1H3,(H,17,18). The fourth-order valence-corrected chi connectivity index (χ4v) is 2.50. The summed E-state index contributed by atoms with van der Waals surface area (Å²) >= 11 is 1.62. The third-order valence-corrected chi connectivity index (χ3v) is 3.68. The highest BCUT2D eigenvalue weighted by molar-refractivity contribution is 7.99. The minimum atomic E-state index is -0.183. The van der Waals surface area contributed by atoms with E-state index in [0.717, 1.165) is 15.5 Å². The molecule has 2 aromatic rings. The second kappa shape index (κ2) is 6.41. The second-order valence-electron chi connectivity index (χ2n) is 4.16. The van der Waals surface area contributed by atoms with Gasteiger partial charge in [-0.25, -0.2) is 0 Å². The molecule has 0 spiro atoms. The van der Waals surface area contributed by atoms with E-state index in [1.165, 1.54) is 5.56 Å². The van der Waals surface area contributed by atoms with E-state index in [4.69, 9.17) is 5.73 Å². The fourth-order valence-electron chi connectivity index (χ4n) is 1.59. The van der Waals surface area contributed by atoms with Crippen LogP contribution in [0.25, 0.3) is 0 Å². The molecule has 3 nitrogen and oxygen atoms in total. The molecule has 0 aliphatic carbocycles. The molecule has 0 unspecified atom stereocenters. The predicted molar refractivity (Wildman–Crippen MR) is 79.4 cm³/mol. The molecule has 0 heterocycles. The quantitative estimate of drug-likeness (QED) is 0.899. The monoisotopic (exact) mass is 272 g/mol. The zero-order valence-corrected chi connectivity index (χ0v) is 11.5. The maximum absolute atomic E-state index is 11.4. The van der Waals surface area contributed by atoms with Gasteiger partial charge in [-0.05, 0) is 31.2 Å². The first-order valence-corrected chi connectivity index (χ1v) is 6.84. The zero-order valence-electron chi connectivity index (χ0n) is 10.7. The number of anilines is 1. The maximum atomic E-state index is 11.4. The fraction of sp³-hybridized carbons (Fsp3) is 0.133. The number of rotatable bonds is 4. The van der Waals surface area contributed by atoms with Gasteiger partial charge in [-0.1, -0.05) is 41.6 Å². The lowest BCUT2D eigenvalue weighted by Crippen LogP contribution is -2.22. The van der Waals surface area contributed by atoms with Crippen molar-refractivity contribution >= 4 is 23.4 Å². The highest BCUT2D eigenvalue weighted by Crippen LogP contribution is 2.33. The topological polar surface area (TPSA) is 55.1 Å². The van der Waals surface area contributed by atoms with Crippen molar-refractivity contribution in [3.05, 3.63) is 54.1 Å². The van der Waals surface area contributed by atoms with Crippen molar-refractivity contribution in [3.63, 3.8) is 0 Å². The van der Waals surface area contributed by atoms with Crippen LogP contribution in [0.1, 0.15) is 5.56 Å². The number of hydrogen-bond donors (Lipinski definition) is 2. The first-order chi connectivity index (χ1) is 9.19. The van der Waals surface area contributed by atoms with Gasteiger partial charge in [-0.15, -0.1) is 0 Å². The van der Waals surface area contributed by atoms with Gasteiger partial charge in [-0.3, -0.25) is 4.79 Å². The average Bonchev–Trinajstić information content (AvgIpc) is 2.43. The molecule has 0 aliphatic rings. The van der Waals surface area contributed by atoms with E-state index in [2.05, 4.69) is 36.5 Å². The first kappa shape index (κ1) is 13.6. The molecule has 0 saturated heterocycles. The van der Waals surface area contributed by atoms with Gasteiger partial charge in [0.2, 0.25) is 5.91 Å². The lowest BCUT2D eigenvalue weighted by atomic mass is 10.2. The molecule has 3 N–H and O–H groups in total. The van der Waals surface area contributed by atoms with Crippen LogP contribution >= 0.6 is 11.8 Å². The van der Waals surface area contributed by atoms with E-state index < -0.39 is 0 Å². The first-order valence-electron chi connectivity index (χ1n) is 6.02. The lowest BCUT2D eigenvalue weighted by molar-refractivity contribution is -0.114.